The molecule has 1 heterocycles. The van der Waals surface area contributed by atoms with E-state index >= 15 is 0 Å². The minimum absolute atomic E-state index is 0.0567. The quantitative estimate of drug-likeness (QED) is 0.773. The van der Waals surface area contributed by atoms with E-state index in [1.807, 2.05) is 6.07 Å². The lowest BCUT2D eigenvalue weighted by atomic mass is 10.1. The fourth-order valence-electron chi connectivity index (χ4n) is 2.19. The van der Waals surface area contributed by atoms with Gasteiger partial charge in [0.2, 0.25) is 5.91 Å². The van der Waals surface area contributed by atoms with Crippen LogP contribution >= 0.6 is 0 Å². The van der Waals surface area contributed by atoms with Crippen LogP contribution in [0.3, 0.4) is 0 Å². The van der Waals surface area contributed by atoms with Crippen molar-refractivity contribution in [2.24, 2.45) is 0 Å². The number of amides is 1. The van der Waals surface area contributed by atoms with Crippen molar-refractivity contribution in [3.05, 3.63) is 35.1 Å². The van der Waals surface area contributed by atoms with E-state index in [2.05, 4.69) is 22.1 Å². The molecule has 106 valence electrons. The van der Waals surface area contributed by atoms with Crippen molar-refractivity contribution in [3.8, 4) is 11.8 Å². The van der Waals surface area contributed by atoms with Crippen LogP contribution in [0.2, 0.25) is 0 Å². The number of aliphatic hydroxyl groups excluding tert-OH is 1. The monoisotopic (exact) mass is 276 g/mol. The van der Waals surface area contributed by atoms with Crippen molar-refractivity contribution in [3.63, 3.8) is 0 Å². The minimum Gasteiger partial charge on any atom is -0.384 e. The predicted octanol–water partition coefficient (Wildman–Crippen LogP) is 0.491. The second-order valence-corrected chi connectivity index (χ2v) is 4.68. The zero-order valence-corrected chi connectivity index (χ0v) is 11.2. The summed E-state index contributed by atoms with van der Waals surface area (Å²) in [5.74, 6) is 4.93. The topological polar surface area (TPSA) is 52.6 Å². The Bertz CT molecular complexity index is 549. The molecule has 2 rings (SSSR count). The highest BCUT2D eigenvalue weighted by Crippen LogP contribution is 2.12. The molecule has 0 saturated carbocycles. The summed E-state index contributed by atoms with van der Waals surface area (Å²) in [5, 5.41) is 11.5. The number of carbonyl (C=O) groups excluding carboxylic acids is 1. The van der Waals surface area contributed by atoms with Crippen molar-refractivity contribution < 1.29 is 14.3 Å². The first-order chi connectivity index (χ1) is 9.67. The Morgan fingerprint density at radius 1 is 1.35 bits per heavy atom. The van der Waals surface area contributed by atoms with Gasteiger partial charge in [0.1, 0.15) is 12.4 Å². The highest BCUT2D eigenvalue weighted by atomic mass is 19.1. The van der Waals surface area contributed by atoms with Crippen LogP contribution in [0.15, 0.2) is 18.2 Å². The molecule has 1 aliphatic heterocycles. The summed E-state index contributed by atoms with van der Waals surface area (Å²) in [6.45, 7) is 2.37. The number of benzene rings is 1. The van der Waals surface area contributed by atoms with Crippen LogP contribution in [0.5, 0.6) is 0 Å². The second kappa shape index (κ2) is 7.04. The molecule has 0 unspecified atom stereocenters. The van der Waals surface area contributed by atoms with E-state index in [0.29, 0.717) is 31.6 Å². The Kier molecular flexibility index (Phi) is 5.10. The van der Waals surface area contributed by atoms with E-state index < -0.39 is 0 Å². The summed E-state index contributed by atoms with van der Waals surface area (Å²) in [5.41, 5.74) is 1.37. The highest BCUT2D eigenvalue weighted by molar-refractivity contribution is 5.76. The summed E-state index contributed by atoms with van der Waals surface area (Å²) in [6.07, 6.45) is 0.465. The molecule has 1 fully saturated rings. The minimum atomic E-state index is -0.339. The average Bonchev–Trinajstić information content (AvgIpc) is 2.61. The van der Waals surface area contributed by atoms with Crippen molar-refractivity contribution >= 4 is 5.91 Å². The first kappa shape index (κ1) is 14.5. The lowest BCUT2D eigenvalue weighted by Crippen LogP contribution is -2.28. The molecule has 0 radical (unpaired) electrons. The Hall–Kier alpha value is -1.90. The van der Waals surface area contributed by atoms with Gasteiger partial charge in [-0.1, -0.05) is 11.8 Å². The predicted molar refractivity (Wildman–Crippen MR) is 73.3 cm³/mol. The fraction of sp³-hybridized carbons (Fsp3) is 0.400. The molecular weight excluding hydrogens is 259 g/mol. The normalized spacial score (nSPS) is 16.0. The molecule has 0 atom stereocenters. The number of halogens is 1. The maximum absolute atomic E-state index is 13.5. The second-order valence-electron chi connectivity index (χ2n) is 4.68. The van der Waals surface area contributed by atoms with Crippen molar-refractivity contribution in [1.82, 2.24) is 10.2 Å². The Morgan fingerprint density at radius 3 is 3.00 bits per heavy atom. The molecule has 1 aliphatic rings. The van der Waals surface area contributed by atoms with Crippen LogP contribution in [0.25, 0.3) is 0 Å². The molecule has 0 spiro atoms. The van der Waals surface area contributed by atoms with Crippen molar-refractivity contribution in [1.29, 1.82) is 0 Å². The maximum atomic E-state index is 13.5. The van der Waals surface area contributed by atoms with Gasteiger partial charge < -0.3 is 10.4 Å². The number of nitrogens with zero attached hydrogens (tertiary/aromatic N) is 1. The highest BCUT2D eigenvalue weighted by Gasteiger charge is 2.13. The van der Waals surface area contributed by atoms with E-state index in [1.54, 1.807) is 0 Å². The lowest BCUT2D eigenvalue weighted by Gasteiger charge is -2.19. The Morgan fingerprint density at radius 2 is 2.20 bits per heavy atom. The van der Waals surface area contributed by atoms with Crippen LogP contribution < -0.4 is 5.32 Å². The molecule has 0 aromatic heterocycles. The van der Waals surface area contributed by atoms with Gasteiger partial charge in [-0.2, -0.15) is 0 Å². The van der Waals surface area contributed by atoms with Crippen LogP contribution in [-0.4, -0.2) is 42.2 Å². The number of hydrogen-bond acceptors (Lipinski definition) is 3. The zero-order valence-electron chi connectivity index (χ0n) is 11.2. The number of aliphatic hydroxyl groups is 1. The van der Waals surface area contributed by atoms with Gasteiger partial charge in [0.15, 0.2) is 0 Å². The van der Waals surface area contributed by atoms with Gasteiger partial charge in [-0.25, -0.2) is 4.39 Å². The Labute approximate surface area is 117 Å². The van der Waals surface area contributed by atoms with Crippen LogP contribution in [0.4, 0.5) is 4.39 Å². The number of rotatable bonds is 2. The van der Waals surface area contributed by atoms with Gasteiger partial charge in [-0.05, 0) is 23.8 Å². The smallest absolute Gasteiger partial charge is 0.221 e. The van der Waals surface area contributed by atoms with Gasteiger partial charge in [0.05, 0.1) is 0 Å². The summed E-state index contributed by atoms with van der Waals surface area (Å²) >= 11 is 0. The maximum Gasteiger partial charge on any atom is 0.221 e. The van der Waals surface area contributed by atoms with Gasteiger partial charge in [0.25, 0.3) is 0 Å². The molecule has 5 heteroatoms. The molecular formula is C15H17FN2O2. The standard InChI is InChI=1S/C15H17FN2O2/c16-14-9-12(2-1-7-19)8-13(10-14)11-18-5-3-15(20)17-4-6-18/h8-10,19H,3-7,11H2,(H,17,20). The third kappa shape index (κ3) is 4.34. The van der Waals surface area contributed by atoms with Crippen molar-refractivity contribution in [2.45, 2.75) is 13.0 Å². The third-order valence-electron chi connectivity index (χ3n) is 3.08. The van der Waals surface area contributed by atoms with Crippen LogP contribution in [0, 0.1) is 17.7 Å². The molecule has 4 nitrogen and oxygen atoms in total. The lowest BCUT2D eigenvalue weighted by molar-refractivity contribution is -0.120. The molecule has 0 bridgehead atoms. The Balaban J connectivity index is 2.08. The van der Waals surface area contributed by atoms with Crippen LogP contribution in [-0.2, 0) is 11.3 Å². The van der Waals surface area contributed by atoms with Gasteiger partial charge >= 0.3 is 0 Å². The van der Waals surface area contributed by atoms with Gasteiger partial charge in [-0.15, -0.1) is 0 Å². The average molecular weight is 276 g/mol. The zero-order chi connectivity index (χ0) is 14.4. The number of hydrogen-bond donors (Lipinski definition) is 2. The van der Waals surface area contributed by atoms with Gasteiger partial charge in [-0.3, -0.25) is 9.69 Å². The molecule has 2 N–H and O–H groups in total. The summed E-state index contributed by atoms with van der Waals surface area (Å²) < 4.78 is 13.5. The van der Waals surface area contributed by atoms with E-state index in [0.717, 1.165) is 12.1 Å². The molecule has 1 aromatic carbocycles. The number of nitrogens with one attached hydrogen (secondary N) is 1. The fourth-order valence-corrected chi connectivity index (χ4v) is 2.19. The first-order valence-electron chi connectivity index (χ1n) is 6.55. The van der Waals surface area contributed by atoms with E-state index in [4.69, 9.17) is 5.11 Å². The molecule has 20 heavy (non-hydrogen) atoms. The molecule has 1 saturated heterocycles. The summed E-state index contributed by atoms with van der Waals surface area (Å²) in [4.78, 5) is 13.4. The summed E-state index contributed by atoms with van der Waals surface area (Å²) in [6, 6.07) is 4.63. The van der Waals surface area contributed by atoms with Crippen molar-refractivity contribution in [2.75, 3.05) is 26.2 Å². The van der Waals surface area contributed by atoms with Crippen LogP contribution in [0.1, 0.15) is 17.5 Å². The molecule has 0 aliphatic carbocycles. The summed E-state index contributed by atoms with van der Waals surface area (Å²) in [7, 11) is 0. The largest absolute Gasteiger partial charge is 0.384 e. The number of carbonyl (C=O) groups is 1. The first-order valence-corrected chi connectivity index (χ1v) is 6.55. The SMILES string of the molecule is O=C1CCN(Cc2cc(F)cc(C#CCO)c2)CCN1. The van der Waals surface area contributed by atoms with E-state index in [9.17, 15) is 9.18 Å². The third-order valence-corrected chi connectivity index (χ3v) is 3.08. The van der Waals surface area contributed by atoms with E-state index in [1.165, 1.54) is 12.1 Å². The molecule has 1 aromatic rings. The molecule has 1 amide bonds. The van der Waals surface area contributed by atoms with Gasteiger partial charge in [0, 0.05) is 38.2 Å². The van der Waals surface area contributed by atoms with E-state index in [-0.39, 0.29) is 18.3 Å².